The van der Waals surface area contributed by atoms with Gasteiger partial charge in [-0.1, -0.05) is 19.1 Å². The Hall–Kier alpha value is -1.62. The van der Waals surface area contributed by atoms with Crippen LogP contribution >= 0.6 is 0 Å². The van der Waals surface area contributed by atoms with Gasteiger partial charge in [0.15, 0.2) is 11.6 Å². The molecule has 1 fully saturated rings. The number of carbonyl (C=O) groups is 1. The van der Waals surface area contributed by atoms with Gasteiger partial charge in [0.2, 0.25) is 5.91 Å². The molecule has 1 aromatic rings. The van der Waals surface area contributed by atoms with Gasteiger partial charge in [-0.15, -0.1) is 0 Å². The average Bonchev–Trinajstić information content (AvgIpc) is 2.48. The fourth-order valence-corrected chi connectivity index (χ4v) is 2.87. The van der Waals surface area contributed by atoms with Gasteiger partial charge < -0.3 is 15.4 Å². The van der Waals surface area contributed by atoms with Crippen molar-refractivity contribution in [2.24, 2.45) is 11.7 Å². The van der Waals surface area contributed by atoms with Crippen LogP contribution in [0.5, 0.6) is 5.75 Å². The summed E-state index contributed by atoms with van der Waals surface area (Å²) in [4.78, 5) is 14.1. The van der Waals surface area contributed by atoms with E-state index < -0.39 is 5.82 Å². The van der Waals surface area contributed by atoms with E-state index in [4.69, 9.17) is 10.5 Å². The molecule has 2 N–H and O–H groups in total. The number of nitrogens with two attached hydrogens (primary N) is 1. The highest BCUT2D eigenvalue weighted by atomic mass is 19.1. The number of halogens is 1. The zero-order valence-corrected chi connectivity index (χ0v) is 12.4. The molecule has 5 heteroatoms. The first-order chi connectivity index (χ1) is 10.1. The van der Waals surface area contributed by atoms with Crippen molar-refractivity contribution in [1.82, 2.24) is 4.90 Å². The first-order valence-corrected chi connectivity index (χ1v) is 7.50. The minimum atomic E-state index is -0.406. The van der Waals surface area contributed by atoms with Crippen molar-refractivity contribution in [3.05, 3.63) is 30.1 Å². The minimum absolute atomic E-state index is 0.0355. The van der Waals surface area contributed by atoms with E-state index in [1.807, 2.05) is 4.90 Å². The van der Waals surface area contributed by atoms with Crippen LogP contribution in [0.2, 0.25) is 0 Å². The molecule has 0 bridgehead atoms. The van der Waals surface area contributed by atoms with Gasteiger partial charge in [-0.2, -0.15) is 0 Å². The smallest absolute Gasteiger partial charge is 0.226 e. The van der Waals surface area contributed by atoms with Gasteiger partial charge in [-0.3, -0.25) is 4.79 Å². The number of para-hydroxylation sites is 1. The standard InChI is InChI=1S/C16H23FN2O2/c1-12-5-4-9-19(14(12)11-18)16(20)8-10-21-15-7-3-2-6-13(15)17/h2-3,6-7,12,14H,4-5,8-11,18H2,1H3/t12-,14+/m1/s1. The monoisotopic (exact) mass is 294 g/mol. The largest absolute Gasteiger partial charge is 0.490 e. The summed E-state index contributed by atoms with van der Waals surface area (Å²) in [5.74, 6) is 0.248. The van der Waals surface area contributed by atoms with E-state index in [1.165, 1.54) is 6.07 Å². The van der Waals surface area contributed by atoms with Gasteiger partial charge in [0.05, 0.1) is 13.0 Å². The maximum atomic E-state index is 13.4. The second-order valence-electron chi connectivity index (χ2n) is 5.54. The third-order valence-corrected chi connectivity index (χ3v) is 4.09. The number of ether oxygens (including phenoxy) is 1. The molecule has 2 rings (SSSR count). The van der Waals surface area contributed by atoms with Gasteiger partial charge in [-0.25, -0.2) is 4.39 Å². The molecule has 0 radical (unpaired) electrons. The molecule has 4 nitrogen and oxygen atoms in total. The van der Waals surface area contributed by atoms with E-state index in [0.717, 1.165) is 19.4 Å². The fourth-order valence-electron chi connectivity index (χ4n) is 2.87. The van der Waals surface area contributed by atoms with Crippen LogP contribution in [0.3, 0.4) is 0 Å². The summed E-state index contributed by atoms with van der Waals surface area (Å²) in [5.41, 5.74) is 5.79. The second-order valence-corrected chi connectivity index (χ2v) is 5.54. The molecule has 0 unspecified atom stereocenters. The topological polar surface area (TPSA) is 55.6 Å². The lowest BCUT2D eigenvalue weighted by Crippen LogP contribution is -2.51. The van der Waals surface area contributed by atoms with E-state index >= 15 is 0 Å². The van der Waals surface area contributed by atoms with E-state index in [-0.39, 0.29) is 30.7 Å². The molecule has 21 heavy (non-hydrogen) atoms. The van der Waals surface area contributed by atoms with Gasteiger partial charge in [0.1, 0.15) is 0 Å². The Morgan fingerprint density at radius 3 is 2.95 bits per heavy atom. The summed E-state index contributed by atoms with van der Waals surface area (Å²) in [6.07, 6.45) is 2.37. The number of hydrogen-bond donors (Lipinski definition) is 1. The Balaban J connectivity index is 1.85. The van der Waals surface area contributed by atoms with Gasteiger partial charge in [-0.05, 0) is 30.9 Å². The van der Waals surface area contributed by atoms with Crippen molar-refractivity contribution in [1.29, 1.82) is 0 Å². The highest BCUT2D eigenvalue weighted by Crippen LogP contribution is 2.23. The lowest BCUT2D eigenvalue weighted by molar-refractivity contribution is -0.136. The van der Waals surface area contributed by atoms with Crippen molar-refractivity contribution in [2.75, 3.05) is 19.7 Å². The Bertz CT molecular complexity index is 481. The number of amides is 1. The zero-order valence-electron chi connectivity index (χ0n) is 12.4. The normalized spacial score (nSPS) is 22.1. The summed E-state index contributed by atoms with van der Waals surface area (Å²) < 4.78 is 18.7. The summed E-state index contributed by atoms with van der Waals surface area (Å²) in [5, 5.41) is 0. The van der Waals surface area contributed by atoms with Crippen molar-refractivity contribution >= 4 is 5.91 Å². The first-order valence-electron chi connectivity index (χ1n) is 7.50. The van der Waals surface area contributed by atoms with Crippen LogP contribution in [0, 0.1) is 11.7 Å². The molecule has 0 aromatic heterocycles. The number of piperidine rings is 1. The first kappa shape index (κ1) is 15.8. The number of hydrogen-bond acceptors (Lipinski definition) is 3. The Kier molecular flexibility index (Phi) is 5.56. The lowest BCUT2D eigenvalue weighted by Gasteiger charge is -2.39. The third kappa shape index (κ3) is 3.94. The molecule has 116 valence electrons. The predicted molar refractivity (Wildman–Crippen MR) is 79.5 cm³/mol. The molecule has 1 saturated heterocycles. The maximum absolute atomic E-state index is 13.4. The molecule has 1 aliphatic heterocycles. The van der Waals surface area contributed by atoms with E-state index in [2.05, 4.69) is 6.92 Å². The molecule has 0 aliphatic carbocycles. The van der Waals surface area contributed by atoms with Crippen LogP contribution in [0.4, 0.5) is 4.39 Å². The van der Waals surface area contributed by atoms with Crippen LogP contribution in [0.1, 0.15) is 26.2 Å². The maximum Gasteiger partial charge on any atom is 0.226 e. The van der Waals surface area contributed by atoms with E-state index in [1.54, 1.807) is 18.2 Å². The third-order valence-electron chi connectivity index (χ3n) is 4.09. The second kappa shape index (κ2) is 7.41. The number of nitrogens with zero attached hydrogens (tertiary/aromatic N) is 1. The summed E-state index contributed by atoms with van der Waals surface area (Å²) >= 11 is 0. The summed E-state index contributed by atoms with van der Waals surface area (Å²) in [6, 6.07) is 6.32. The Labute approximate surface area is 125 Å². The molecule has 1 aromatic carbocycles. The number of benzene rings is 1. The van der Waals surface area contributed by atoms with Crippen molar-refractivity contribution < 1.29 is 13.9 Å². The minimum Gasteiger partial charge on any atom is -0.490 e. The quantitative estimate of drug-likeness (QED) is 0.905. The molecule has 0 saturated carbocycles. The Morgan fingerprint density at radius 1 is 1.48 bits per heavy atom. The molecule has 1 amide bonds. The fraction of sp³-hybridized carbons (Fsp3) is 0.562. The van der Waals surface area contributed by atoms with Gasteiger partial charge in [0.25, 0.3) is 0 Å². The van der Waals surface area contributed by atoms with E-state index in [9.17, 15) is 9.18 Å². The van der Waals surface area contributed by atoms with Crippen LogP contribution in [0.15, 0.2) is 24.3 Å². The van der Waals surface area contributed by atoms with Gasteiger partial charge in [0, 0.05) is 19.1 Å². The van der Waals surface area contributed by atoms with Crippen LogP contribution < -0.4 is 10.5 Å². The molecule has 0 spiro atoms. The molecular weight excluding hydrogens is 271 g/mol. The number of likely N-dealkylation sites (tertiary alicyclic amines) is 1. The van der Waals surface area contributed by atoms with Crippen molar-refractivity contribution in [3.63, 3.8) is 0 Å². The molecule has 1 heterocycles. The van der Waals surface area contributed by atoms with Crippen LogP contribution in [0.25, 0.3) is 0 Å². The summed E-state index contributed by atoms with van der Waals surface area (Å²) in [7, 11) is 0. The number of carbonyl (C=O) groups excluding carboxylic acids is 1. The average molecular weight is 294 g/mol. The zero-order chi connectivity index (χ0) is 15.2. The molecule has 2 atom stereocenters. The number of rotatable bonds is 5. The molecule has 1 aliphatic rings. The summed E-state index contributed by atoms with van der Waals surface area (Å²) in [6.45, 7) is 3.56. The van der Waals surface area contributed by atoms with Crippen LogP contribution in [-0.4, -0.2) is 36.5 Å². The van der Waals surface area contributed by atoms with Crippen molar-refractivity contribution in [3.8, 4) is 5.75 Å². The predicted octanol–water partition coefficient (Wildman–Crippen LogP) is 2.18. The van der Waals surface area contributed by atoms with Gasteiger partial charge >= 0.3 is 0 Å². The van der Waals surface area contributed by atoms with Crippen LogP contribution in [-0.2, 0) is 4.79 Å². The highest BCUT2D eigenvalue weighted by Gasteiger charge is 2.30. The lowest BCUT2D eigenvalue weighted by atomic mass is 9.90. The van der Waals surface area contributed by atoms with E-state index in [0.29, 0.717) is 12.5 Å². The highest BCUT2D eigenvalue weighted by molar-refractivity contribution is 5.76. The SMILES string of the molecule is C[C@@H]1CCCN(C(=O)CCOc2ccccc2F)[C@H]1CN. The van der Waals surface area contributed by atoms with Crippen molar-refractivity contribution in [2.45, 2.75) is 32.2 Å². The molecular formula is C16H23FN2O2. The Morgan fingerprint density at radius 2 is 2.24 bits per heavy atom.